The van der Waals surface area contributed by atoms with Gasteiger partial charge in [0.1, 0.15) is 12.2 Å². The summed E-state index contributed by atoms with van der Waals surface area (Å²) in [7, 11) is 0. The van der Waals surface area contributed by atoms with E-state index in [1.807, 2.05) is 41.8 Å². The second-order valence-corrected chi connectivity index (χ2v) is 4.64. The van der Waals surface area contributed by atoms with E-state index in [0.717, 1.165) is 11.4 Å². The van der Waals surface area contributed by atoms with Gasteiger partial charge in [0.2, 0.25) is 5.91 Å². The maximum Gasteiger partial charge on any atom is 0.221 e. The smallest absolute Gasteiger partial charge is 0.221 e. The van der Waals surface area contributed by atoms with Crippen LogP contribution in [0, 0.1) is 6.92 Å². The van der Waals surface area contributed by atoms with Crippen LogP contribution in [-0.4, -0.2) is 27.2 Å². The van der Waals surface area contributed by atoms with Gasteiger partial charge in [-0.1, -0.05) is 30.3 Å². The van der Waals surface area contributed by atoms with E-state index in [1.54, 1.807) is 6.33 Å². The summed E-state index contributed by atoms with van der Waals surface area (Å²) in [6.07, 6.45) is 1.93. The molecule has 0 radical (unpaired) electrons. The molecule has 106 valence electrons. The highest BCUT2D eigenvalue weighted by Crippen LogP contribution is 2.12. The van der Waals surface area contributed by atoms with Gasteiger partial charge in [0.25, 0.3) is 0 Å². The number of carbonyl (C=O) groups is 1. The molecule has 0 saturated heterocycles. The Hall–Kier alpha value is -2.21. The fourth-order valence-corrected chi connectivity index (χ4v) is 1.94. The van der Waals surface area contributed by atoms with Crippen molar-refractivity contribution in [2.24, 2.45) is 5.73 Å². The summed E-state index contributed by atoms with van der Waals surface area (Å²) >= 11 is 0. The van der Waals surface area contributed by atoms with Crippen molar-refractivity contribution in [3.05, 3.63) is 48.0 Å². The topological polar surface area (TPSA) is 85.8 Å². The normalized spacial score (nSPS) is 12.1. The molecule has 2 rings (SSSR count). The first-order chi connectivity index (χ1) is 9.66. The van der Waals surface area contributed by atoms with Crippen LogP contribution in [0.2, 0.25) is 0 Å². The first kappa shape index (κ1) is 14.2. The minimum absolute atomic E-state index is 0.0490. The van der Waals surface area contributed by atoms with E-state index in [-0.39, 0.29) is 18.4 Å². The standard InChI is InChI=1S/C14H19N5O/c1-11-18-17-10-19(11)8-7-16-14(20)9-13(15)12-5-3-2-4-6-12/h2-6,10,13H,7-9,15H2,1H3,(H,16,20). The van der Waals surface area contributed by atoms with Gasteiger partial charge in [-0.15, -0.1) is 10.2 Å². The van der Waals surface area contributed by atoms with E-state index >= 15 is 0 Å². The lowest BCUT2D eigenvalue weighted by Crippen LogP contribution is -2.30. The summed E-state index contributed by atoms with van der Waals surface area (Å²) < 4.78 is 1.89. The average Bonchev–Trinajstić information content (AvgIpc) is 2.85. The summed E-state index contributed by atoms with van der Waals surface area (Å²) in [5, 5.41) is 10.5. The summed E-state index contributed by atoms with van der Waals surface area (Å²) in [4.78, 5) is 11.8. The molecule has 0 aliphatic rings. The Labute approximate surface area is 118 Å². The molecule has 2 aromatic rings. The first-order valence-corrected chi connectivity index (χ1v) is 6.58. The Bertz CT molecular complexity index is 552. The molecule has 0 aliphatic carbocycles. The van der Waals surface area contributed by atoms with Crippen molar-refractivity contribution >= 4 is 5.91 Å². The minimum atomic E-state index is -0.271. The molecule has 1 amide bonds. The number of nitrogens with zero attached hydrogens (tertiary/aromatic N) is 3. The molecule has 0 bridgehead atoms. The molecular weight excluding hydrogens is 254 g/mol. The average molecular weight is 273 g/mol. The second kappa shape index (κ2) is 6.81. The molecule has 6 heteroatoms. The lowest BCUT2D eigenvalue weighted by Gasteiger charge is -2.12. The Balaban J connectivity index is 1.74. The highest BCUT2D eigenvalue weighted by molar-refractivity contribution is 5.76. The zero-order valence-corrected chi connectivity index (χ0v) is 11.5. The second-order valence-electron chi connectivity index (χ2n) is 4.64. The highest BCUT2D eigenvalue weighted by Gasteiger charge is 2.10. The molecule has 20 heavy (non-hydrogen) atoms. The van der Waals surface area contributed by atoms with Crippen molar-refractivity contribution in [2.45, 2.75) is 25.9 Å². The van der Waals surface area contributed by atoms with Crippen molar-refractivity contribution < 1.29 is 4.79 Å². The van der Waals surface area contributed by atoms with Crippen LogP contribution in [0.4, 0.5) is 0 Å². The monoisotopic (exact) mass is 273 g/mol. The van der Waals surface area contributed by atoms with Crippen LogP contribution in [0.5, 0.6) is 0 Å². The predicted octanol–water partition coefficient (Wildman–Crippen LogP) is 0.793. The quantitative estimate of drug-likeness (QED) is 0.815. The number of carbonyl (C=O) groups excluding carboxylic acids is 1. The maximum absolute atomic E-state index is 11.8. The van der Waals surface area contributed by atoms with Gasteiger partial charge in [0.15, 0.2) is 0 Å². The fourth-order valence-electron chi connectivity index (χ4n) is 1.94. The third-order valence-electron chi connectivity index (χ3n) is 3.12. The number of aromatic nitrogens is 3. The van der Waals surface area contributed by atoms with E-state index in [2.05, 4.69) is 15.5 Å². The largest absolute Gasteiger partial charge is 0.354 e. The molecule has 0 saturated carbocycles. The third-order valence-corrected chi connectivity index (χ3v) is 3.12. The Morgan fingerprint density at radius 3 is 2.80 bits per heavy atom. The third kappa shape index (κ3) is 3.89. The van der Waals surface area contributed by atoms with Crippen LogP contribution >= 0.6 is 0 Å². The minimum Gasteiger partial charge on any atom is -0.354 e. The molecule has 6 nitrogen and oxygen atoms in total. The number of aryl methyl sites for hydroxylation is 1. The van der Waals surface area contributed by atoms with Crippen molar-refractivity contribution in [3.8, 4) is 0 Å². The summed E-state index contributed by atoms with van der Waals surface area (Å²) in [5.74, 6) is 0.785. The summed E-state index contributed by atoms with van der Waals surface area (Å²) in [6, 6.07) is 9.35. The van der Waals surface area contributed by atoms with E-state index in [4.69, 9.17) is 5.73 Å². The predicted molar refractivity (Wildman–Crippen MR) is 75.8 cm³/mol. The number of nitrogens with two attached hydrogens (primary N) is 1. The van der Waals surface area contributed by atoms with E-state index in [0.29, 0.717) is 13.1 Å². The highest BCUT2D eigenvalue weighted by atomic mass is 16.1. The van der Waals surface area contributed by atoms with E-state index < -0.39 is 0 Å². The van der Waals surface area contributed by atoms with Gasteiger partial charge >= 0.3 is 0 Å². The van der Waals surface area contributed by atoms with Gasteiger partial charge in [-0.2, -0.15) is 0 Å². The summed E-state index contributed by atoms with van der Waals surface area (Å²) in [6.45, 7) is 3.07. The zero-order chi connectivity index (χ0) is 14.4. The molecule has 1 atom stereocenters. The van der Waals surface area contributed by atoms with Gasteiger partial charge in [-0.3, -0.25) is 4.79 Å². The van der Waals surface area contributed by atoms with Crippen LogP contribution in [-0.2, 0) is 11.3 Å². The van der Waals surface area contributed by atoms with Gasteiger partial charge in [-0.05, 0) is 12.5 Å². The summed E-state index contributed by atoms with van der Waals surface area (Å²) in [5.41, 5.74) is 6.97. The molecule has 3 N–H and O–H groups in total. The molecule has 1 unspecified atom stereocenters. The molecule has 1 aromatic heterocycles. The Morgan fingerprint density at radius 2 is 2.15 bits per heavy atom. The SMILES string of the molecule is Cc1nncn1CCNC(=O)CC(N)c1ccccc1. The Kier molecular flexibility index (Phi) is 4.84. The molecular formula is C14H19N5O. The number of rotatable bonds is 6. The van der Waals surface area contributed by atoms with E-state index in [1.165, 1.54) is 0 Å². The number of benzene rings is 1. The van der Waals surface area contributed by atoms with Crippen molar-refractivity contribution in [2.75, 3.05) is 6.54 Å². The Morgan fingerprint density at radius 1 is 1.40 bits per heavy atom. The van der Waals surface area contributed by atoms with Gasteiger partial charge < -0.3 is 15.6 Å². The van der Waals surface area contributed by atoms with Crippen LogP contribution in [0.1, 0.15) is 23.9 Å². The van der Waals surface area contributed by atoms with Crippen molar-refractivity contribution in [3.63, 3.8) is 0 Å². The molecule has 0 fully saturated rings. The van der Waals surface area contributed by atoms with Crippen LogP contribution in [0.3, 0.4) is 0 Å². The lowest BCUT2D eigenvalue weighted by atomic mass is 10.0. The molecule has 0 aliphatic heterocycles. The first-order valence-electron chi connectivity index (χ1n) is 6.58. The van der Waals surface area contributed by atoms with Crippen LogP contribution in [0.15, 0.2) is 36.7 Å². The zero-order valence-electron chi connectivity index (χ0n) is 11.5. The molecule has 0 spiro atoms. The van der Waals surface area contributed by atoms with Crippen molar-refractivity contribution in [1.82, 2.24) is 20.1 Å². The van der Waals surface area contributed by atoms with Crippen LogP contribution < -0.4 is 11.1 Å². The van der Waals surface area contributed by atoms with Crippen molar-refractivity contribution in [1.29, 1.82) is 0 Å². The number of amides is 1. The maximum atomic E-state index is 11.8. The van der Waals surface area contributed by atoms with E-state index in [9.17, 15) is 4.79 Å². The number of nitrogens with one attached hydrogen (secondary N) is 1. The molecule has 1 aromatic carbocycles. The van der Waals surface area contributed by atoms with Gasteiger partial charge in [-0.25, -0.2) is 0 Å². The van der Waals surface area contributed by atoms with Gasteiger partial charge in [0, 0.05) is 25.6 Å². The number of hydrogen-bond donors (Lipinski definition) is 2. The van der Waals surface area contributed by atoms with Gasteiger partial charge in [0.05, 0.1) is 0 Å². The molecule has 1 heterocycles. The fraction of sp³-hybridized carbons (Fsp3) is 0.357. The number of hydrogen-bond acceptors (Lipinski definition) is 4. The van der Waals surface area contributed by atoms with Crippen LogP contribution in [0.25, 0.3) is 0 Å². The lowest BCUT2D eigenvalue weighted by molar-refractivity contribution is -0.121.